The van der Waals surface area contributed by atoms with Crippen LogP contribution in [0.1, 0.15) is 26.3 Å². The lowest BCUT2D eigenvalue weighted by atomic mass is 9.97. The summed E-state index contributed by atoms with van der Waals surface area (Å²) < 4.78 is 23.1. The Balaban J connectivity index is 3.45. The number of sulfone groups is 1. The van der Waals surface area contributed by atoms with Crippen molar-refractivity contribution in [1.29, 1.82) is 0 Å². The van der Waals surface area contributed by atoms with Gasteiger partial charge in [-0.25, -0.2) is 8.42 Å². The fraction of sp³-hybridized carbons (Fsp3) is 0.462. The van der Waals surface area contributed by atoms with E-state index in [1.165, 1.54) is 19.1 Å². The molecule has 0 saturated carbocycles. The first-order valence-electron chi connectivity index (χ1n) is 5.68. The highest BCUT2D eigenvalue weighted by Gasteiger charge is 2.49. The molecule has 100 valence electrons. The van der Waals surface area contributed by atoms with Crippen LogP contribution in [0.4, 0.5) is 0 Å². The maximum Gasteiger partial charge on any atom is 0.325 e. The monoisotopic (exact) mass is 270 g/mol. The smallest absolute Gasteiger partial charge is 0.325 e. The predicted octanol–water partition coefficient (Wildman–Crippen LogP) is 2.27. The molecule has 1 N–H and O–H groups in total. The molecular weight excluding hydrogens is 252 g/mol. The second-order valence-corrected chi connectivity index (χ2v) is 7.21. The van der Waals surface area contributed by atoms with Gasteiger partial charge in [0.1, 0.15) is 0 Å². The fourth-order valence-corrected chi connectivity index (χ4v) is 3.47. The first kappa shape index (κ1) is 14.7. The number of carboxylic acid groups (broad SMARTS) is 1. The second kappa shape index (κ2) is 4.72. The average Bonchev–Trinajstić information content (AvgIpc) is 2.27. The number of benzene rings is 1. The zero-order chi connectivity index (χ0) is 14.1. The normalized spacial score (nSPS) is 15.4. The van der Waals surface area contributed by atoms with Gasteiger partial charge in [-0.3, -0.25) is 4.79 Å². The SMILES string of the molecule is Cc1ccc(S(=O)(=O)C(C)(C(=O)O)C(C)C)cc1. The van der Waals surface area contributed by atoms with E-state index in [0.29, 0.717) is 0 Å². The van der Waals surface area contributed by atoms with Crippen LogP contribution in [0.2, 0.25) is 0 Å². The lowest BCUT2D eigenvalue weighted by molar-refractivity contribution is -0.140. The molecule has 18 heavy (non-hydrogen) atoms. The molecular formula is C13H18O4S. The number of carbonyl (C=O) groups is 1. The summed E-state index contributed by atoms with van der Waals surface area (Å²) in [6, 6.07) is 6.23. The third kappa shape index (κ3) is 2.14. The summed E-state index contributed by atoms with van der Waals surface area (Å²) in [6.07, 6.45) is 0. The Morgan fingerprint density at radius 2 is 1.67 bits per heavy atom. The molecule has 5 heteroatoms. The molecule has 0 spiro atoms. The van der Waals surface area contributed by atoms with E-state index in [1.807, 2.05) is 6.92 Å². The maximum absolute atomic E-state index is 12.5. The first-order chi connectivity index (χ1) is 8.14. The van der Waals surface area contributed by atoms with Gasteiger partial charge in [-0.15, -0.1) is 0 Å². The van der Waals surface area contributed by atoms with Crippen LogP contribution in [0.25, 0.3) is 0 Å². The van der Waals surface area contributed by atoms with Gasteiger partial charge in [0, 0.05) is 0 Å². The highest BCUT2D eigenvalue weighted by Crippen LogP contribution is 2.32. The van der Waals surface area contributed by atoms with Crippen molar-refractivity contribution < 1.29 is 18.3 Å². The predicted molar refractivity (Wildman–Crippen MR) is 69.2 cm³/mol. The van der Waals surface area contributed by atoms with Gasteiger partial charge in [0.2, 0.25) is 0 Å². The molecule has 0 radical (unpaired) electrons. The zero-order valence-corrected chi connectivity index (χ0v) is 11.8. The van der Waals surface area contributed by atoms with Crippen LogP contribution in [0.15, 0.2) is 29.2 Å². The summed E-state index contributed by atoms with van der Waals surface area (Å²) in [5, 5.41) is 9.28. The molecule has 1 aromatic carbocycles. The number of aryl methyl sites for hydroxylation is 1. The van der Waals surface area contributed by atoms with Gasteiger partial charge in [0.05, 0.1) is 4.90 Å². The van der Waals surface area contributed by atoms with Crippen LogP contribution in [0.5, 0.6) is 0 Å². The van der Waals surface area contributed by atoms with Crippen molar-refractivity contribution in [2.45, 2.75) is 37.3 Å². The van der Waals surface area contributed by atoms with Crippen molar-refractivity contribution >= 4 is 15.8 Å². The molecule has 0 aliphatic rings. The van der Waals surface area contributed by atoms with Gasteiger partial charge >= 0.3 is 5.97 Å². The summed E-state index contributed by atoms with van der Waals surface area (Å²) in [6.45, 7) is 6.30. The van der Waals surface area contributed by atoms with Crippen molar-refractivity contribution in [3.05, 3.63) is 29.8 Å². The van der Waals surface area contributed by atoms with Crippen LogP contribution < -0.4 is 0 Å². The molecule has 0 aliphatic carbocycles. The summed E-state index contributed by atoms with van der Waals surface area (Å²) in [7, 11) is -3.92. The van der Waals surface area contributed by atoms with Crippen molar-refractivity contribution in [1.82, 2.24) is 0 Å². The molecule has 0 aliphatic heterocycles. The van der Waals surface area contributed by atoms with Crippen LogP contribution in [0.3, 0.4) is 0 Å². The van der Waals surface area contributed by atoms with Crippen LogP contribution in [-0.2, 0) is 14.6 Å². The van der Waals surface area contributed by atoms with Crippen LogP contribution in [0, 0.1) is 12.8 Å². The van der Waals surface area contributed by atoms with E-state index in [0.717, 1.165) is 5.56 Å². The van der Waals surface area contributed by atoms with Gasteiger partial charge in [0.25, 0.3) is 0 Å². The van der Waals surface area contributed by atoms with Crippen molar-refractivity contribution in [3.63, 3.8) is 0 Å². The van der Waals surface area contributed by atoms with Gasteiger partial charge in [-0.05, 0) is 31.9 Å². The molecule has 0 amide bonds. The number of hydrogen-bond acceptors (Lipinski definition) is 3. The van der Waals surface area contributed by atoms with E-state index in [1.54, 1.807) is 26.0 Å². The van der Waals surface area contributed by atoms with Gasteiger partial charge in [0.15, 0.2) is 14.6 Å². The van der Waals surface area contributed by atoms with Crippen LogP contribution in [-0.4, -0.2) is 24.2 Å². The molecule has 0 saturated heterocycles. The Bertz CT molecular complexity index is 543. The largest absolute Gasteiger partial charge is 0.480 e. The summed E-state index contributed by atoms with van der Waals surface area (Å²) >= 11 is 0. The molecule has 1 atom stereocenters. The van der Waals surface area contributed by atoms with E-state index < -0.39 is 26.5 Å². The van der Waals surface area contributed by atoms with Gasteiger partial charge in [-0.1, -0.05) is 31.5 Å². The number of carboxylic acids is 1. The van der Waals surface area contributed by atoms with Gasteiger partial charge in [-0.2, -0.15) is 0 Å². The Labute approximate surface area is 108 Å². The Kier molecular flexibility index (Phi) is 3.86. The third-order valence-corrected chi connectivity index (χ3v) is 6.07. The minimum absolute atomic E-state index is 0.0479. The molecule has 0 fully saturated rings. The van der Waals surface area contributed by atoms with E-state index in [-0.39, 0.29) is 4.90 Å². The molecule has 4 nitrogen and oxygen atoms in total. The fourth-order valence-electron chi connectivity index (χ4n) is 1.63. The summed E-state index contributed by atoms with van der Waals surface area (Å²) in [4.78, 5) is 11.4. The Morgan fingerprint density at radius 3 is 2.00 bits per heavy atom. The molecule has 1 aromatic rings. The lowest BCUT2D eigenvalue weighted by Gasteiger charge is -2.28. The lowest BCUT2D eigenvalue weighted by Crippen LogP contribution is -2.48. The quantitative estimate of drug-likeness (QED) is 0.911. The molecule has 1 rings (SSSR count). The van der Waals surface area contributed by atoms with Crippen LogP contribution >= 0.6 is 0 Å². The van der Waals surface area contributed by atoms with Crippen molar-refractivity contribution in [2.75, 3.05) is 0 Å². The molecule has 0 heterocycles. The van der Waals surface area contributed by atoms with E-state index >= 15 is 0 Å². The third-order valence-electron chi connectivity index (χ3n) is 3.42. The first-order valence-corrected chi connectivity index (χ1v) is 7.17. The average molecular weight is 270 g/mol. The van der Waals surface area contributed by atoms with Gasteiger partial charge < -0.3 is 5.11 Å². The van der Waals surface area contributed by atoms with E-state index in [2.05, 4.69) is 0 Å². The zero-order valence-electron chi connectivity index (χ0n) is 11.0. The van der Waals surface area contributed by atoms with E-state index in [9.17, 15) is 18.3 Å². The maximum atomic E-state index is 12.5. The Morgan fingerprint density at radius 1 is 1.22 bits per heavy atom. The minimum Gasteiger partial charge on any atom is -0.480 e. The highest BCUT2D eigenvalue weighted by molar-refractivity contribution is 7.93. The number of rotatable bonds is 4. The molecule has 0 aromatic heterocycles. The standard InChI is InChI=1S/C13H18O4S/c1-9(2)13(4,12(14)15)18(16,17)11-7-5-10(3)6-8-11/h5-9H,1-4H3,(H,14,15). The second-order valence-electron chi connectivity index (χ2n) is 4.88. The summed E-state index contributed by atoms with van der Waals surface area (Å²) in [5.41, 5.74) is 0.926. The van der Waals surface area contributed by atoms with Crippen molar-refractivity contribution in [2.24, 2.45) is 5.92 Å². The number of hydrogen-bond donors (Lipinski definition) is 1. The topological polar surface area (TPSA) is 71.4 Å². The summed E-state index contributed by atoms with van der Waals surface area (Å²) in [5.74, 6) is -1.85. The Hall–Kier alpha value is -1.36. The minimum atomic E-state index is -3.92. The van der Waals surface area contributed by atoms with Crippen molar-refractivity contribution in [3.8, 4) is 0 Å². The van der Waals surface area contributed by atoms with E-state index in [4.69, 9.17) is 0 Å². The molecule has 0 bridgehead atoms. The number of aliphatic carboxylic acids is 1. The molecule has 1 unspecified atom stereocenters. The highest BCUT2D eigenvalue weighted by atomic mass is 32.2.